The second-order valence-corrected chi connectivity index (χ2v) is 5.62. The van der Waals surface area contributed by atoms with Crippen LogP contribution in [0.25, 0.3) is 0 Å². The number of benzene rings is 1. The predicted octanol–water partition coefficient (Wildman–Crippen LogP) is 1.59. The molecule has 4 nitrogen and oxygen atoms in total. The molecule has 2 unspecified atom stereocenters. The number of amides is 1. The minimum atomic E-state index is 0.0652. The summed E-state index contributed by atoms with van der Waals surface area (Å²) in [5.41, 5.74) is 8.63. The van der Waals surface area contributed by atoms with Crippen LogP contribution in [0.4, 0.5) is 0 Å². The lowest BCUT2D eigenvalue weighted by Crippen LogP contribution is -2.39. The normalized spacial score (nSPS) is 21.8. The van der Waals surface area contributed by atoms with Crippen molar-refractivity contribution in [2.75, 3.05) is 13.6 Å². The highest BCUT2D eigenvalue weighted by Crippen LogP contribution is 2.39. The molecule has 0 bridgehead atoms. The number of nitrogens with two attached hydrogens (primary N) is 1. The molecule has 0 saturated carbocycles. The topological polar surface area (TPSA) is 58.4 Å². The summed E-state index contributed by atoms with van der Waals surface area (Å²) in [5, 5.41) is 2.92. The largest absolute Gasteiger partial charge is 0.353 e. The van der Waals surface area contributed by atoms with Gasteiger partial charge >= 0.3 is 0 Å². The molecule has 1 aromatic rings. The minimum absolute atomic E-state index is 0.0652. The molecule has 0 aromatic heterocycles. The van der Waals surface area contributed by atoms with Crippen molar-refractivity contribution < 1.29 is 4.79 Å². The number of fused-ring (bicyclic) bond motifs is 1. The van der Waals surface area contributed by atoms with Gasteiger partial charge < -0.3 is 11.1 Å². The Balaban J connectivity index is 2.05. The van der Waals surface area contributed by atoms with Crippen molar-refractivity contribution in [1.29, 1.82) is 0 Å². The Morgan fingerprint density at radius 3 is 2.68 bits per heavy atom. The molecule has 2 atom stereocenters. The van der Waals surface area contributed by atoms with Crippen molar-refractivity contribution in [1.82, 2.24) is 10.2 Å². The summed E-state index contributed by atoms with van der Waals surface area (Å²) in [7, 11) is 1.99. The zero-order valence-corrected chi connectivity index (χ0v) is 11.9. The standard InChI is InChI=1S/C15H23N3O/c1-10(2)17-15(19)9-18(3)14-8-13(16)11-6-4-5-7-12(11)14/h4-7,10,13-14H,8-9,16H2,1-3H3,(H,17,19). The Bertz CT molecular complexity index is 458. The maximum absolute atomic E-state index is 11.8. The predicted molar refractivity (Wildman–Crippen MR) is 76.6 cm³/mol. The van der Waals surface area contributed by atoms with E-state index in [1.165, 1.54) is 11.1 Å². The van der Waals surface area contributed by atoms with Crippen LogP contribution in [0.2, 0.25) is 0 Å². The van der Waals surface area contributed by atoms with E-state index in [0.717, 1.165) is 6.42 Å². The summed E-state index contributed by atoms with van der Waals surface area (Å²) in [5.74, 6) is 0.0652. The van der Waals surface area contributed by atoms with Crippen LogP contribution in [0, 0.1) is 0 Å². The average molecular weight is 261 g/mol. The number of hydrogen-bond donors (Lipinski definition) is 2. The lowest BCUT2D eigenvalue weighted by molar-refractivity contribution is -0.122. The summed E-state index contributed by atoms with van der Waals surface area (Å²) in [6.45, 7) is 4.35. The lowest BCUT2D eigenvalue weighted by Gasteiger charge is -2.25. The van der Waals surface area contributed by atoms with Crippen LogP contribution >= 0.6 is 0 Å². The van der Waals surface area contributed by atoms with Gasteiger partial charge in [0, 0.05) is 18.1 Å². The van der Waals surface area contributed by atoms with Crippen LogP contribution in [0.3, 0.4) is 0 Å². The van der Waals surface area contributed by atoms with Gasteiger partial charge in [0.05, 0.1) is 6.54 Å². The highest BCUT2D eigenvalue weighted by molar-refractivity contribution is 5.78. The van der Waals surface area contributed by atoms with E-state index in [-0.39, 0.29) is 24.0 Å². The number of likely N-dealkylation sites (N-methyl/N-ethyl adjacent to an activating group) is 1. The van der Waals surface area contributed by atoms with Gasteiger partial charge in [-0.2, -0.15) is 0 Å². The molecular weight excluding hydrogens is 238 g/mol. The van der Waals surface area contributed by atoms with E-state index in [1.54, 1.807) is 0 Å². The Morgan fingerprint density at radius 1 is 1.42 bits per heavy atom. The number of rotatable bonds is 4. The Kier molecular flexibility index (Phi) is 4.22. The molecule has 104 valence electrons. The third-order valence-electron chi connectivity index (χ3n) is 3.61. The fourth-order valence-electron chi connectivity index (χ4n) is 2.77. The van der Waals surface area contributed by atoms with Crippen LogP contribution in [-0.2, 0) is 4.79 Å². The molecule has 1 aromatic carbocycles. The van der Waals surface area contributed by atoms with Crippen LogP contribution in [-0.4, -0.2) is 30.4 Å². The van der Waals surface area contributed by atoms with E-state index >= 15 is 0 Å². The highest BCUT2D eigenvalue weighted by Gasteiger charge is 2.31. The van der Waals surface area contributed by atoms with Crippen molar-refractivity contribution in [3.63, 3.8) is 0 Å². The van der Waals surface area contributed by atoms with Gasteiger partial charge in [-0.3, -0.25) is 9.69 Å². The zero-order valence-electron chi connectivity index (χ0n) is 11.9. The van der Waals surface area contributed by atoms with Crippen LogP contribution in [0.15, 0.2) is 24.3 Å². The first kappa shape index (κ1) is 14.0. The van der Waals surface area contributed by atoms with E-state index in [0.29, 0.717) is 6.54 Å². The van der Waals surface area contributed by atoms with Crippen LogP contribution in [0.5, 0.6) is 0 Å². The highest BCUT2D eigenvalue weighted by atomic mass is 16.2. The molecule has 0 fully saturated rings. The molecule has 0 aliphatic heterocycles. The molecular formula is C15H23N3O. The maximum Gasteiger partial charge on any atom is 0.234 e. The van der Waals surface area contributed by atoms with Gasteiger partial charge in [0.2, 0.25) is 5.91 Å². The maximum atomic E-state index is 11.8. The molecule has 4 heteroatoms. The van der Waals surface area contributed by atoms with E-state index in [4.69, 9.17) is 5.73 Å². The Hall–Kier alpha value is -1.39. The quantitative estimate of drug-likeness (QED) is 0.865. The summed E-state index contributed by atoms with van der Waals surface area (Å²) < 4.78 is 0. The minimum Gasteiger partial charge on any atom is -0.353 e. The molecule has 1 aliphatic carbocycles. The number of carbonyl (C=O) groups is 1. The Morgan fingerprint density at radius 2 is 2.05 bits per heavy atom. The van der Waals surface area contributed by atoms with E-state index in [1.807, 2.05) is 33.0 Å². The fourth-order valence-corrected chi connectivity index (χ4v) is 2.77. The smallest absolute Gasteiger partial charge is 0.234 e. The van der Waals surface area contributed by atoms with Crippen LogP contribution < -0.4 is 11.1 Å². The van der Waals surface area contributed by atoms with Gasteiger partial charge in [-0.05, 0) is 38.4 Å². The third kappa shape index (κ3) is 3.14. The number of nitrogens with zero attached hydrogens (tertiary/aromatic N) is 1. The average Bonchev–Trinajstić information content (AvgIpc) is 2.66. The monoisotopic (exact) mass is 261 g/mol. The molecule has 1 aliphatic rings. The first-order valence-electron chi connectivity index (χ1n) is 6.83. The van der Waals surface area contributed by atoms with E-state index in [9.17, 15) is 4.79 Å². The summed E-state index contributed by atoms with van der Waals surface area (Å²) in [6, 6.07) is 8.75. The van der Waals surface area contributed by atoms with Crippen LogP contribution in [0.1, 0.15) is 43.5 Å². The molecule has 1 amide bonds. The fraction of sp³-hybridized carbons (Fsp3) is 0.533. The Labute approximate surface area is 115 Å². The zero-order chi connectivity index (χ0) is 14.0. The van der Waals surface area contributed by atoms with Crippen molar-refractivity contribution in [3.05, 3.63) is 35.4 Å². The number of hydrogen-bond acceptors (Lipinski definition) is 3. The summed E-state index contributed by atoms with van der Waals surface area (Å²) >= 11 is 0. The number of nitrogens with one attached hydrogen (secondary N) is 1. The van der Waals surface area contributed by atoms with Crippen molar-refractivity contribution >= 4 is 5.91 Å². The molecule has 19 heavy (non-hydrogen) atoms. The van der Waals surface area contributed by atoms with E-state index in [2.05, 4.69) is 22.3 Å². The molecule has 3 N–H and O–H groups in total. The van der Waals surface area contributed by atoms with Gasteiger partial charge in [0.15, 0.2) is 0 Å². The van der Waals surface area contributed by atoms with Gasteiger partial charge in [-0.15, -0.1) is 0 Å². The van der Waals surface area contributed by atoms with Crippen molar-refractivity contribution in [2.45, 2.75) is 38.4 Å². The number of carbonyl (C=O) groups excluding carboxylic acids is 1. The third-order valence-corrected chi connectivity index (χ3v) is 3.61. The van der Waals surface area contributed by atoms with Gasteiger partial charge in [0.25, 0.3) is 0 Å². The second-order valence-electron chi connectivity index (χ2n) is 5.62. The van der Waals surface area contributed by atoms with Crippen molar-refractivity contribution in [2.24, 2.45) is 5.73 Å². The first-order valence-corrected chi connectivity index (χ1v) is 6.83. The molecule has 2 rings (SSSR count). The SMILES string of the molecule is CC(C)NC(=O)CN(C)C1CC(N)c2ccccc21. The molecule has 0 saturated heterocycles. The van der Waals surface area contributed by atoms with Crippen molar-refractivity contribution in [3.8, 4) is 0 Å². The van der Waals surface area contributed by atoms with E-state index < -0.39 is 0 Å². The molecule has 0 spiro atoms. The summed E-state index contributed by atoms with van der Waals surface area (Å²) in [4.78, 5) is 13.9. The molecule has 0 radical (unpaired) electrons. The lowest BCUT2D eigenvalue weighted by atomic mass is 10.1. The van der Waals surface area contributed by atoms with Gasteiger partial charge in [-0.1, -0.05) is 24.3 Å². The summed E-state index contributed by atoms with van der Waals surface area (Å²) in [6.07, 6.45) is 0.880. The second kappa shape index (κ2) is 5.72. The molecule has 0 heterocycles. The van der Waals surface area contributed by atoms with Gasteiger partial charge in [-0.25, -0.2) is 0 Å². The first-order chi connectivity index (χ1) is 8.99. The van der Waals surface area contributed by atoms with Gasteiger partial charge in [0.1, 0.15) is 0 Å².